The standard InChI is InChI=1S/C15H13ClF2O2/c1-19-12-4-3-5-13(20-2)14(12)15(16)10-8-9(17)6-7-11(10)18/h3-8,15H,1-2H3. The molecule has 5 heteroatoms. The summed E-state index contributed by atoms with van der Waals surface area (Å²) in [6.45, 7) is 0. The van der Waals surface area contributed by atoms with Gasteiger partial charge in [-0.25, -0.2) is 8.78 Å². The lowest BCUT2D eigenvalue weighted by Crippen LogP contribution is -2.03. The molecule has 1 atom stereocenters. The summed E-state index contributed by atoms with van der Waals surface area (Å²) in [5, 5.41) is -0.920. The highest BCUT2D eigenvalue weighted by Gasteiger charge is 2.23. The van der Waals surface area contributed by atoms with Gasteiger partial charge in [-0.15, -0.1) is 11.6 Å². The van der Waals surface area contributed by atoms with E-state index in [1.807, 2.05) is 0 Å². The van der Waals surface area contributed by atoms with Gasteiger partial charge < -0.3 is 9.47 Å². The van der Waals surface area contributed by atoms with Gasteiger partial charge in [-0.1, -0.05) is 6.07 Å². The SMILES string of the molecule is COc1cccc(OC)c1C(Cl)c1cc(F)ccc1F. The van der Waals surface area contributed by atoms with E-state index >= 15 is 0 Å². The molecule has 0 spiro atoms. The maximum absolute atomic E-state index is 13.8. The Morgan fingerprint density at radius 2 is 1.60 bits per heavy atom. The van der Waals surface area contributed by atoms with E-state index in [2.05, 4.69) is 0 Å². The minimum absolute atomic E-state index is 0.0365. The predicted octanol–water partition coefficient (Wildman–Crippen LogP) is 4.31. The highest BCUT2D eigenvalue weighted by atomic mass is 35.5. The number of rotatable bonds is 4. The molecule has 106 valence electrons. The second-order valence-corrected chi connectivity index (χ2v) is 4.54. The van der Waals surface area contributed by atoms with Gasteiger partial charge >= 0.3 is 0 Å². The van der Waals surface area contributed by atoms with Gasteiger partial charge in [0.15, 0.2) is 0 Å². The van der Waals surface area contributed by atoms with Crippen LogP contribution in [0.5, 0.6) is 11.5 Å². The number of halogens is 3. The largest absolute Gasteiger partial charge is 0.496 e. The molecule has 0 saturated heterocycles. The van der Waals surface area contributed by atoms with E-state index < -0.39 is 17.0 Å². The molecule has 0 radical (unpaired) electrons. The molecular weight excluding hydrogens is 286 g/mol. The summed E-state index contributed by atoms with van der Waals surface area (Å²) in [5.74, 6) is -0.235. The Labute approximate surface area is 120 Å². The molecule has 0 aromatic heterocycles. The van der Waals surface area contributed by atoms with Crippen LogP contribution in [0.1, 0.15) is 16.5 Å². The van der Waals surface area contributed by atoms with Crippen LogP contribution >= 0.6 is 11.6 Å². The van der Waals surface area contributed by atoms with Crippen molar-refractivity contribution in [3.8, 4) is 11.5 Å². The van der Waals surface area contributed by atoms with Gasteiger partial charge in [0.05, 0.1) is 25.2 Å². The fourth-order valence-corrected chi connectivity index (χ4v) is 2.38. The zero-order valence-electron chi connectivity index (χ0n) is 11.0. The highest BCUT2D eigenvalue weighted by molar-refractivity contribution is 6.23. The summed E-state index contributed by atoms with van der Waals surface area (Å²) in [6.07, 6.45) is 0. The van der Waals surface area contributed by atoms with Crippen molar-refractivity contribution in [1.29, 1.82) is 0 Å². The minimum atomic E-state index is -0.920. The van der Waals surface area contributed by atoms with Crippen molar-refractivity contribution in [1.82, 2.24) is 0 Å². The van der Waals surface area contributed by atoms with Gasteiger partial charge in [-0.2, -0.15) is 0 Å². The molecule has 0 heterocycles. The first-order valence-electron chi connectivity index (χ1n) is 5.88. The second-order valence-electron chi connectivity index (χ2n) is 4.10. The summed E-state index contributed by atoms with van der Waals surface area (Å²) in [5.41, 5.74) is 0.498. The van der Waals surface area contributed by atoms with Crippen molar-refractivity contribution < 1.29 is 18.3 Å². The quantitative estimate of drug-likeness (QED) is 0.783. The Hall–Kier alpha value is -1.81. The van der Waals surface area contributed by atoms with E-state index in [4.69, 9.17) is 21.1 Å². The third kappa shape index (κ3) is 2.70. The van der Waals surface area contributed by atoms with Gasteiger partial charge in [0.1, 0.15) is 23.1 Å². The monoisotopic (exact) mass is 298 g/mol. The average Bonchev–Trinajstić information content (AvgIpc) is 2.48. The molecule has 0 aliphatic heterocycles. The number of ether oxygens (including phenoxy) is 2. The zero-order valence-corrected chi connectivity index (χ0v) is 11.7. The summed E-state index contributed by atoms with van der Waals surface area (Å²) >= 11 is 6.31. The Balaban J connectivity index is 2.58. The number of hydrogen-bond acceptors (Lipinski definition) is 2. The first-order chi connectivity index (χ1) is 9.58. The van der Waals surface area contributed by atoms with Crippen molar-refractivity contribution in [3.63, 3.8) is 0 Å². The van der Waals surface area contributed by atoms with Crippen molar-refractivity contribution in [2.75, 3.05) is 14.2 Å². The van der Waals surface area contributed by atoms with Gasteiger partial charge in [-0.05, 0) is 30.3 Å². The molecule has 2 rings (SSSR count). The van der Waals surface area contributed by atoms with Gasteiger partial charge in [-0.3, -0.25) is 0 Å². The topological polar surface area (TPSA) is 18.5 Å². The molecule has 0 N–H and O–H groups in total. The number of alkyl halides is 1. The Morgan fingerprint density at radius 1 is 1.00 bits per heavy atom. The van der Waals surface area contributed by atoms with Crippen LogP contribution in [0.4, 0.5) is 8.78 Å². The van der Waals surface area contributed by atoms with Crippen LogP contribution in [0.3, 0.4) is 0 Å². The normalized spacial score (nSPS) is 12.1. The highest BCUT2D eigenvalue weighted by Crippen LogP contribution is 2.41. The average molecular weight is 299 g/mol. The third-order valence-electron chi connectivity index (χ3n) is 2.95. The lowest BCUT2D eigenvalue weighted by molar-refractivity contribution is 0.385. The fraction of sp³-hybridized carbons (Fsp3) is 0.200. The maximum atomic E-state index is 13.8. The van der Waals surface area contributed by atoms with Crippen molar-refractivity contribution in [2.24, 2.45) is 0 Å². The summed E-state index contributed by atoms with van der Waals surface area (Å²) in [7, 11) is 2.95. The van der Waals surface area contributed by atoms with Crippen LogP contribution in [-0.2, 0) is 0 Å². The molecular formula is C15H13ClF2O2. The molecule has 0 bridgehead atoms. The number of benzene rings is 2. The van der Waals surface area contributed by atoms with Crippen LogP contribution in [0.25, 0.3) is 0 Å². The first-order valence-corrected chi connectivity index (χ1v) is 6.32. The Bertz CT molecular complexity index is 595. The summed E-state index contributed by atoms with van der Waals surface area (Å²) < 4.78 is 37.6. The summed E-state index contributed by atoms with van der Waals surface area (Å²) in [4.78, 5) is 0. The molecule has 20 heavy (non-hydrogen) atoms. The Morgan fingerprint density at radius 3 is 2.15 bits per heavy atom. The zero-order chi connectivity index (χ0) is 14.7. The lowest BCUT2D eigenvalue weighted by atomic mass is 10.0. The van der Waals surface area contributed by atoms with E-state index in [-0.39, 0.29) is 5.56 Å². The molecule has 0 amide bonds. The maximum Gasteiger partial charge on any atom is 0.128 e. The second kappa shape index (κ2) is 6.09. The smallest absolute Gasteiger partial charge is 0.128 e. The fourth-order valence-electron chi connectivity index (χ4n) is 1.99. The Kier molecular flexibility index (Phi) is 4.45. The van der Waals surface area contributed by atoms with E-state index in [0.717, 1.165) is 18.2 Å². The van der Waals surface area contributed by atoms with E-state index in [1.165, 1.54) is 14.2 Å². The van der Waals surface area contributed by atoms with Gasteiger partial charge in [0.25, 0.3) is 0 Å². The van der Waals surface area contributed by atoms with Crippen LogP contribution in [0.15, 0.2) is 36.4 Å². The van der Waals surface area contributed by atoms with Gasteiger partial charge in [0.2, 0.25) is 0 Å². The van der Waals surface area contributed by atoms with Crippen molar-refractivity contribution in [2.45, 2.75) is 5.38 Å². The molecule has 2 aromatic rings. The van der Waals surface area contributed by atoms with Crippen LogP contribution in [0.2, 0.25) is 0 Å². The molecule has 2 aromatic carbocycles. The van der Waals surface area contributed by atoms with Crippen LogP contribution < -0.4 is 9.47 Å². The van der Waals surface area contributed by atoms with Crippen LogP contribution in [0, 0.1) is 11.6 Å². The molecule has 0 aliphatic carbocycles. The van der Waals surface area contributed by atoms with Crippen molar-refractivity contribution in [3.05, 3.63) is 59.2 Å². The molecule has 0 aliphatic rings. The number of methoxy groups -OCH3 is 2. The van der Waals surface area contributed by atoms with Crippen molar-refractivity contribution >= 4 is 11.6 Å². The van der Waals surface area contributed by atoms with E-state index in [9.17, 15) is 8.78 Å². The predicted molar refractivity (Wildman–Crippen MR) is 73.6 cm³/mol. The lowest BCUT2D eigenvalue weighted by Gasteiger charge is -2.18. The van der Waals surface area contributed by atoms with Crippen LogP contribution in [-0.4, -0.2) is 14.2 Å². The first kappa shape index (κ1) is 14.6. The number of hydrogen-bond donors (Lipinski definition) is 0. The van der Waals surface area contributed by atoms with E-state index in [0.29, 0.717) is 17.1 Å². The molecule has 0 fully saturated rings. The third-order valence-corrected chi connectivity index (χ3v) is 3.40. The molecule has 2 nitrogen and oxygen atoms in total. The van der Waals surface area contributed by atoms with E-state index in [1.54, 1.807) is 18.2 Å². The minimum Gasteiger partial charge on any atom is -0.496 e. The van der Waals surface area contributed by atoms with Gasteiger partial charge in [0, 0.05) is 5.56 Å². The molecule has 0 saturated carbocycles. The molecule has 1 unspecified atom stereocenters. The summed E-state index contributed by atoms with van der Waals surface area (Å²) in [6, 6.07) is 8.25.